The lowest BCUT2D eigenvalue weighted by Crippen LogP contribution is -2.45. The number of nitrogens with one attached hydrogen (secondary N) is 3. The maximum Gasteiger partial charge on any atom is 0.411 e. The number of anilines is 3. The van der Waals surface area contributed by atoms with Crippen LogP contribution in [-0.4, -0.2) is 38.1 Å². The maximum atomic E-state index is 13.5. The van der Waals surface area contributed by atoms with Gasteiger partial charge in [0.1, 0.15) is 0 Å². The quantitative estimate of drug-likeness (QED) is 0.317. The van der Waals surface area contributed by atoms with Crippen LogP contribution in [0, 0.1) is 0 Å². The molecule has 5 N–H and O–H groups in total. The van der Waals surface area contributed by atoms with Gasteiger partial charge in [-0.05, 0) is 36.4 Å². The molecule has 0 bridgehead atoms. The lowest BCUT2D eigenvalue weighted by molar-refractivity contribution is -0.114. The van der Waals surface area contributed by atoms with E-state index in [0.29, 0.717) is 39.1 Å². The molecule has 34 heavy (non-hydrogen) atoms. The molecule has 0 fully saturated rings. The van der Waals surface area contributed by atoms with Gasteiger partial charge >= 0.3 is 6.09 Å². The number of H-pyrrole nitrogens is 1. The summed E-state index contributed by atoms with van der Waals surface area (Å²) in [6, 6.07) is 18.3. The van der Waals surface area contributed by atoms with E-state index >= 15 is 0 Å². The SMILES string of the molecule is CC(=O)Nc1cccc(N2C(=O)c3ccccc3C2(O)c2ccc3nc(NC(=O)O)[nH]c3c2)c1. The highest BCUT2D eigenvalue weighted by molar-refractivity contribution is 6.12. The van der Waals surface area contributed by atoms with Gasteiger partial charge in [-0.25, -0.2) is 9.78 Å². The third kappa shape index (κ3) is 3.33. The minimum atomic E-state index is -1.87. The highest BCUT2D eigenvalue weighted by Crippen LogP contribution is 2.45. The number of imidazole rings is 1. The predicted molar refractivity (Wildman–Crippen MR) is 125 cm³/mol. The second-order valence-electron chi connectivity index (χ2n) is 7.84. The van der Waals surface area contributed by atoms with Crippen LogP contribution in [0.15, 0.2) is 66.7 Å². The number of nitrogens with zero attached hydrogens (tertiary/aromatic N) is 2. The average molecular weight is 457 g/mol. The molecular weight excluding hydrogens is 438 g/mol. The molecule has 1 aromatic heterocycles. The van der Waals surface area contributed by atoms with Crippen molar-refractivity contribution in [3.63, 3.8) is 0 Å². The van der Waals surface area contributed by atoms with Gasteiger partial charge in [0.2, 0.25) is 11.9 Å². The Morgan fingerprint density at radius 1 is 1.03 bits per heavy atom. The first-order chi connectivity index (χ1) is 16.3. The Morgan fingerprint density at radius 3 is 2.59 bits per heavy atom. The average Bonchev–Trinajstić information content (AvgIpc) is 3.29. The third-order valence-corrected chi connectivity index (χ3v) is 5.59. The molecule has 1 aliphatic heterocycles. The fraction of sp³-hybridized carbons (Fsp3) is 0.0833. The number of amides is 3. The molecule has 0 spiro atoms. The standard InChI is InChI=1S/C24H19N5O5/c1-13(30)25-15-5-4-6-16(12-15)29-21(31)17-7-2-3-8-18(17)24(29,34)14-9-10-19-20(11-14)27-22(26-19)28-23(32)33/h2-12,34H,1H3,(H,25,30)(H,32,33)(H2,26,27,28). The number of carboxylic acid groups (broad SMARTS) is 1. The van der Waals surface area contributed by atoms with Gasteiger partial charge in [0.15, 0.2) is 5.72 Å². The second kappa shape index (κ2) is 7.71. The molecule has 0 radical (unpaired) electrons. The summed E-state index contributed by atoms with van der Waals surface area (Å²) in [4.78, 5) is 44.3. The monoisotopic (exact) mass is 457 g/mol. The maximum absolute atomic E-state index is 13.5. The summed E-state index contributed by atoms with van der Waals surface area (Å²) in [5, 5.41) is 26.0. The minimum absolute atomic E-state index is 0.0365. The van der Waals surface area contributed by atoms with Crippen LogP contribution in [0.3, 0.4) is 0 Å². The zero-order chi connectivity index (χ0) is 24.0. The predicted octanol–water partition coefficient (Wildman–Crippen LogP) is 3.47. The van der Waals surface area contributed by atoms with E-state index in [1.165, 1.54) is 11.8 Å². The van der Waals surface area contributed by atoms with Gasteiger partial charge in [-0.15, -0.1) is 0 Å². The summed E-state index contributed by atoms with van der Waals surface area (Å²) in [5.41, 5.74) is 1.04. The van der Waals surface area contributed by atoms with E-state index in [9.17, 15) is 19.5 Å². The van der Waals surface area contributed by atoms with Gasteiger partial charge in [-0.2, -0.15) is 0 Å². The van der Waals surface area contributed by atoms with Crippen molar-refractivity contribution >= 4 is 46.3 Å². The molecule has 1 aliphatic rings. The van der Waals surface area contributed by atoms with E-state index in [-0.39, 0.29) is 11.9 Å². The van der Waals surface area contributed by atoms with Crippen molar-refractivity contribution in [1.82, 2.24) is 9.97 Å². The van der Waals surface area contributed by atoms with Gasteiger partial charge in [-0.1, -0.05) is 30.3 Å². The topological polar surface area (TPSA) is 148 Å². The van der Waals surface area contributed by atoms with Crippen LogP contribution in [0.2, 0.25) is 0 Å². The Hall–Kier alpha value is -4.70. The first-order valence-electron chi connectivity index (χ1n) is 10.3. The Morgan fingerprint density at radius 2 is 1.82 bits per heavy atom. The van der Waals surface area contributed by atoms with Crippen LogP contribution < -0.4 is 15.5 Å². The van der Waals surface area contributed by atoms with Crippen LogP contribution in [0.5, 0.6) is 0 Å². The van der Waals surface area contributed by atoms with E-state index in [4.69, 9.17) is 5.11 Å². The van der Waals surface area contributed by atoms with Gasteiger partial charge < -0.3 is 20.5 Å². The Bertz CT molecular complexity index is 1480. The van der Waals surface area contributed by atoms with Gasteiger partial charge in [0.25, 0.3) is 5.91 Å². The number of hydrogen-bond donors (Lipinski definition) is 5. The highest BCUT2D eigenvalue weighted by Gasteiger charge is 2.50. The number of carbonyl (C=O) groups excluding carboxylic acids is 2. The largest absolute Gasteiger partial charge is 0.465 e. The fourth-order valence-corrected chi connectivity index (χ4v) is 4.26. The zero-order valence-corrected chi connectivity index (χ0v) is 17.9. The molecule has 170 valence electrons. The van der Waals surface area contributed by atoms with Crippen LogP contribution in [-0.2, 0) is 10.5 Å². The molecule has 1 atom stereocenters. The molecule has 1 unspecified atom stereocenters. The molecular formula is C24H19N5O5. The number of hydrogen-bond acceptors (Lipinski definition) is 5. The number of aliphatic hydroxyl groups is 1. The summed E-state index contributed by atoms with van der Waals surface area (Å²) >= 11 is 0. The number of aromatic amines is 1. The van der Waals surface area contributed by atoms with E-state index < -0.39 is 17.7 Å². The first-order valence-corrected chi connectivity index (χ1v) is 10.3. The van der Waals surface area contributed by atoms with E-state index in [1.54, 1.807) is 66.7 Å². The lowest BCUT2D eigenvalue weighted by Gasteiger charge is -2.35. The minimum Gasteiger partial charge on any atom is -0.465 e. The molecule has 3 amide bonds. The van der Waals surface area contributed by atoms with Crippen molar-refractivity contribution < 1.29 is 24.6 Å². The normalized spacial score (nSPS) is 17.0. The molecule has 10 nitrogen and oxygen atoms in total. The lowest BCUT2D eigenvalue weighted by atomic mass is 9.93. The van der Waals surface area contributed by atoms with Gasteiger partial charge in [0, 0.05) is 35.0 Å². The number of benzene rings is 3. The molecule has 5 rings (SSSR count). The molecule has 0 aliphatic carbocycles. The number of fused-ring (bicyclic) bond motifs is 2. The molecule has 4 aromatic rings. The summed E-state index contributed by atoms with van der Waals surface area (Å²) in [7, 11) is 0. The summed E-state index contributed by atoms with van der Waals surface area (Å²) in [6.45, 7) is 1.38. The molecule has 3 aromatic carbocycles. The van der Waals surface area contributed by atoms with Crippen molar-refractivity contribution in [2.45, 2.75) is 12.6 Å². The van der Waals surface area contributed by atoms with Crippen molar-refractivity contribution in [2.75, 3.05) is 15.5 Å². The van der Waals surface area contributed by atoms with E-state index in [0.717, 1.165) is 0 Å². The number of rotatable bonds is 4. The number of aromatic nitrogens is 2. The highest BCUT2D eigenvalue weighted by atomic mass is 16.4. The third-order valence-electron chi connectivity index (χ3n) is 5.59. The van der Waals surface area contributed by atoms with Gasteiger partial charge in [-0.3, -0.25) is 19.8 Å². The second-order valence-corrected chi connectivity index (χ2v) is 7.84. The fourth-order valence-electron chi connectivity index (χ4n) is 4.26. The van der Waals surface area contributed by atoms with Crippen molar-refractivity contribution in [3.8, 4) is 0 Å². The van der Waals surface area contributed by atoms with Crippen molar-refractivity contribution in [2.24, 2.45) is 0 Å². The Labute approximate surface area is 192 Å². The van der Waals surface area contributed by atoms with E-state index in [2.05, 4.69) is 20.6 Å². The van der Waals surface area contributed by atoms with Crippen LogP contribution in [0.25, 0.3) is 11.0 Å². The molecule has 0 saturated heterocycles. The van der Waals surface area contributed by atoms with Crippen LogP contribution >= 0.6 is 0 Å². The smallest absolute Gasteiger partial charge is 0.411 e. The van der Waals surface area contributed by atoms with Gasteiger partial charge in [0.05, 0.1) is 11.0 Å². The summed E-state index contributed by atoms with van der Waals surface area (Å²) in [6.07, 6.45) is -1.27. The molecule has 2 heterocycles. The summed E-state index contributed by atoms with van der Waals surface area (Å²) < 4.78 is 0. The summed E-state index contributed by atoms with van der Waals surface area (Å²) in [5.74, 6) is -0.635. The van der Waals surface area contributed by atoms with E-state index in [1.807, 2.05) is 0 Å². The molecule has 10 heteroatoms. The zero-order valence-electron chi connectivity index (χ0n) is 17.9. The van der Waals surface area contributed by atoms with Crippen LogP contribution in [0.1, 0.15) is 28.4 Å². The molecule has 0 saturated carbocycles. The van der Waals surface area contributed by atoms with Crippen molar-refractivity contribution in [1.29, 1.82) is 0 Å². The number of carbonyl (C=O) groups is 3. The Balaban J connectivity index is 1.68. The van der Waals surface area contributed by atoms with Crippen LogP contribution in [0.4, 0.5) is 22.1 Å². The van der Waals surface area contributed by atoms with Crippen molar-refractivity contribution in [3.05, 3.63) is 83.4 Å². The first kappa shape index (κ1) is 21.2. The Kier molecular flexibility index (Phi) is 4.80.